The van der Waals surface area contributed by atoms with Crippen molar-refractivity contribution in [2.45, 2.75) is 39.8 Å². The van der Waals surface area contributed by atoms with E-state index in [2.05, 4.69) is 55.3 Å². The summed E-state index contributed by atoms with van der Waals surface area (Å²) in [6.07, 6.45) is 1.20. The van der Waals surface area contributed by atoms with E-state index in [1.54, 1.807) is 0 Å². The van der Waals surface area contributed by atoms with Crippen LogP contribution in [0.1, 0.15) is 32.8 Å². The van der Waals surface area contributed by atoms with Crippen LogP contribution >= 0.6 is 0 Å². The molecule has 0 amide bonds. The minimum absolute atomic E-state index is 0.612. The molecule has 0 fully saturated rings. The number of anilines is 1. The molecule has 0 radical (unpaired) electrons. The van der Waals surface area contributed by atoms with E-state index in [1.807, 2.05) is 0 Å². The summed E-state index contributed by atoms with van der Waals surface area (Å²) in [6.45, 7) is 10.1. The molecular weight excluding hydrogens is 208 g/mol. The van der Waals surface area contributed by atoms with Gasteiger partial charge in [-0.15, -0.1) is 0 Å². The molecule has 1 aliphatic rings. The molecule has 0 bridgehead atoms. The van der Waals surface area contributed by atoms with Crippen molar-refractivity contribution in [2.24, 2.45) is 5.92 Å². The predicted octanol–water partition coefficient (Wildman–Crippen LogP) is 3.03. The second-order valence-corrected chi connectivity index (χ2v) is 5.41. The predicted molar refractivity (Wildman–Crippen MR) is 74.4 cm³/mol. The lowest BCUT2D eigenvalue weighted by Crippen LogP contribution is -2.39. The molecule has 0 saturated heterocycles. The van der Waals surface area contributed by atoms with E-state index >= 15 is 0 Å². The second-order valence-electron chi connectivity index (χ2n) is 5.41. The monoisotopic (exact) mass is 232 g/mol. The van der Waals surface area contributed by atoms with Crippen LogP contribution in [0.25, 0.3) is 0 Å². The summed E-state index contributed by atoms with van der Waals surface area (Å²) in [5.41, 5.74) is 2.86. The number of rotatable bonds is 3. The highest BCUT2D eigenvalue weighted by Crippen LogP contribution is 2.24. The van der Waals surface area contributed by atoms with Crippen LogP contribution in [-0.2, 0) is 6.54 Å². The van der Waals surface area contributed by atoms with Crippen molar-refractivity contribution in [1.82, 2.24) is 5.32 Å². The van der Waals surface area contributed by atoms with Crippen LogP contribution in [0.2, 0.25) is 0 Å². The van der Waals surface area contributed by atoms with Gasteiger partial charge in [0.05, 0.1) is 0 Å². The maximum Gasteiger partial charge on any atom is 0.0412 e. The van der Waals surface area contributed by atoms with E-state index in [-0.39, 0.29) is 0 Å². The smallest absolute Gasteiger partial charge is 0.0412 e. The van der Waals surface area contributed by atoms with Crippen LogP contribution in [0.3, 0.4) is 0 Å². The topological polar surface area (TPSA) is 15.3 Å². The van der Waals surface area contributed by atoms with Gasteiger partial charge >= 0.3 is 0 Å². The van der Waals surface area contributed by atoms with Gasteiger partial charge in [0, 0.05) is 31.4 Å². The first-order valence-electron chi connectivity index (χ1n) is 6.77. The van der Waals surface area contributed by atoms with E-state index in [9.17, 15) is 0 Å². The Hall–Kier alpha value is -1.02. The highest BCUT2D eigenvalue weighted by atomic mass is 15.2. The molecular formula is C15H24N2. The Morgan fingerprint density at radius 2 is 2.12 bits per heavy atom. The lowest BCUT2D eigenvalue weighted by atomic mass is 10.1. The van der Waals surface area contributed by atoms with E-state index in [0.717, 1.165) is 19.6 Å². The Morgan fingerprint density at radius 1 is 1.35 bits per heavy atom. The summed E-state index contributed by atoms with van der Waals surface area (Å²) in [6, 6.07) is 9.41. The normalized spacial score (nSPS) is 20.2. The average Bonchev–Trinajstić information content (AvgIpc) is 2.49. The van der Waals surface area contributed by atoms with Gasteiger partial charge < -0.3 is 10.2 Å². The highest BCUT2D eigenvalue weighted by molar-refractivity contribution is 5.54. The van der Waals surface area contributed by atoms with Gasteiger partial charge in [0.2, 0.25) is 0 Å². The summed E-state index contributed by atoms with van der Waals surface area (Å²) in [5.74, 6) is 0.707. The fourth-order valence-corrected chi connectivity index (χ4v) is 2.54. The number of benzene rings is 1. The van der Waals surface area contributed by atoms with Crippen LogP contribution < -0.4 is 10.2 Å². The zero-order chi connectivity index (χ0) is 12.3. The number of hydrogen-bond donors (Lipinski definition) is 1. The first kappa shape index (κ1) is 12.4. The van der Waals surface area contributed by atoms with Gasteiger partial charge in [-0.1, -0.05) is 39.0 Å². The van der Waals surface area contributed by atoms with Crippen LogP contribution in [-0.4, -0.2) is 19.1 Å². The SMILES string of the molecule is CCC1CN(CC(C)C)c2ccccc2CN1. The van der Waals surface area contributed by atoms with E-state index in [0.29, 0.717) is 12.0 Å². The third kappa shape index (κ3) is 3.01. The van der Waals surface area contributed by atoms with Gasteiger partial charge in [0.1, 0.15) is 0 Å². The molecule has 0 aromatic heterocycles. The number of nitrogens with one attached hydrogen (secondary N) is 1. The Balaban J connectivity index is 2.25. The molecule has 2 heteroatoms. The van der Waals surface area contributed by atoms with E-state index < -0.39 is 0 Å². The van der Waals surface area contributed by atoms with Gasteiger partial charge in [-0.25, -0.2) is 0 Å². The number of nitrogens with zero attached hydrogens (tertiary/aromatic N) is 1. The summed E-state index contributed by atoms with van der Waals surface area (Å²) >= 11 is 0. The molecule has 1 aromatic rings. The number of hydrogen-bond acceptors (Lipinski definition) is 2. The molecule has 2 nitrogen and oxygen atoms in total. The molecule has 1 atom stereocenters. The molecule has 1 N–H and O–H groups in total. The fourth-order valence-electron chi connectivity index (χ4n) is 2.54. The first-order chi connectivity index (χ1) is 8.20. The third-order valence-corrected chi connectivity index (χ3v) is 3.43. The molecule has 1 aliphatic heterocycles. The van der Waals surface area contributed by atoms with Crippen molar-refractivity contribution in [3.8, 4) is 0 Å². The zero-order valence-electron chi connectivity index (χ0n) is 11.2. The summed E-state index contributed by atoms with van der Waals surface area (Å²) < 4.78 is 0. The molecule has 1 unspecified atom stereocenters. The van der Waals surface area contributed by atoms with Crippen LogP contribution in [0.15, 0.2) is 24.3 Å². The van der Waals surface area contributed by atoms with Crippen molar-refractivity contribution < 1.29 is 0 Å². The highest BCUT2D eigenvalue weighted by Gasteiger charge is 2.20. The molecule has 0 aliphatic carbocycles. The molecule has 0 saturated carbocycles. The Bertz CT molecular complexity index is 360. The van der Waals surface area contributed by atoms with E-state index in [1.165, 1.54) is 17.7 Å². The van der Waals surface area contributed by atoms with Crippen molar-refractivity contribution in [3.05, 3.63) is 29.8 Å². The van der Waals surface area contributed by atoms with Crippen LogP contribution in [0.5, 0.6) is 0 Å². The maximum absolute atomic E-state index is 3.65. The first-order valence-corrected chi connectivity index (χ1v) is 6.77. The Labute approximate surface area is 105 Å². The lowest BCUT2D eigenvalue weighted by molar-refractivity contribution is 0.489. The van der Waals surface area contributed by atoms with Gasteiger partial charge in [-0.05, 0) is 24.0 Å². The van der Waals surface area contributed by atoms with Crippen molar-refractivity contribution in [3.63, 3.8) is 0 Å². The fraction of sp³-hybridized carbons (Fsp3) is 0.600. The summed E-state index contributed by atoms with van der Waals surface area (Å²) in [7, 11) is 0. The van der Waals surface area contributed by atoms with Gasteiger partial charge in [0.25, 0.3) is 0 Å². The summed E-state index contributed by atoms with van der Waals surface area (Å²) in [4.78, 5) is 2.55. The Morgan fingerprint density at radius 3 is 2.82 bits per heavy atom. The van der Waals surface area contributed by atoms with Gasteiger partial charge in [0.15, 0.2) is 0 Å². The zero-order valence-corrected chi connectivity index (χ0v) is 11.2. The molecule has 94 valence electrons. The van der Waals surface area contributed by atoms with Crippen LogP contribution in [0, 0.1) is 5.92 Å². The van der Waals surface area contributed by atoms with Crippen molar-refractivity contribution >= 4 is 5.69 Å². The number of fused-ring (bicyclic) bond motifs is 1. The number of para-hydroxylation sites is 1. The molecule has 1 heterocycles. The van der Waals surface area contributed by atoms with Gasteiger partial charge in [-0.3, -0.25) is 0 Å². The average molecular weight is 232 g/mol. The molecule has 1 aromatic carbocycles. The molecule has 17 heavy (non-hydrogen) atoms. The molecule has 0 spiro atoms. The van der Waals surface area contributed by atoms with Crippen molar-refractivity contribution in [1.29, 1.82) is 0 Å². The molecule has 2 rings (SSSR count). The van der Waals surface area contributed by atoms with Crippen LogP contribution in [0.4, 0.5) is 5.69 Å². The van der Waals surface area contributed by atoms with Gasteiger partial charge in [-0.2, -0.15) is 0 Å². The maximum atomic E-state index is 3.65. The quantitative estimate of drug-likeness (QED) is 0.861. The minimum Gasteiger partial charge on any atom is -0.369 e. The largest absolute Gasteiger partial charge is 0.369 e. The summed E-state index contributed by atoms with van der Waals surface area (Å²) in [5, 5.41) is 3.65. The van der Waals surface area contributed by atoms with E-state index in [4.69, 9.17) is 0 Å². The third-order valence-electron chi connectivity index (χ3n) is 3.43. The van der Waals surface area contributed by atoms with Crippen molar-refractivity contribution in [2.75, 3.05) is 18.0 Å². The second kappa shape index (κ2) is 5.54. The lowest BCUT2D eigenvalue weighted by Gasteiger charge is -2.29. The Kier molecular flexibility index (Phi) is 4.06. The minimum atomic E-state index is 0.612. The standard InChI is InChI=1S/C15H24N2/c1-4-14-11-17(10-12(2)3)15-8-6-5-7-13(15)9-16-14/h5-8,12,14,16H,4,9-11H2,1-3H3.